The van der Waals surface area contributed by atoms with E-state index in [-0.39, 0.29) is 17.2 Å². The number of pyridine rings is 1. The van der Waals surface area contributed by atoms with Gasteiger partial charge in [-0.25, -0.2) is 13.8 Å². The first-order valence-corrected chi connectivity index (χ1v) is 15.0. The van der Waals surface area contributed by atoms with Crippen LogP contribution in [0.4, 0.5) is 14.5 Å². The monoisotopic (exact) mass is 484 g/mol. The van der Waals surface area contributed by atoms with Crippen molar-refractivity contribution in [1.29, 1.82) is 0 Å². The van der Waals surface area contributed by atoms with Crippen molar-refractivity contribution in [2.45, 2.75) is 52.2 Å². The van der Waals surface area contributed by atoms with Gasteiger partial charge >= 0.3 is 0 Å². The molecule has 0 spiro atoms. The molecular weight excluding hydrogens is 454 g/mol. The van der Waals surface area contributed by atoms with Crippen molar-refractivity contribution in [2.24, 2.45) is 0 Å². The van der Waals surface area contributed by atoms with Crippen molar-refractivity contribution in [3.05, 3.63) is 54.2 Å². The summed E-state index contributed by atoms with van der Waals surface area (Å²) in [6.07, 6.45) is 3.22. The number of benzene rings is 1. The van der Waals surface area contributed by atoms with Crippen LogP contribution in [0.3, 0.4) is 0 Å². The molecule has 1 aromatic carbocycles. The van der Waals surface area contributed by atoms with Crippen LogP contribution >= 0.6 is 0 Å². The molecule has 0 radical (unpaired) electrons. The Morgan fingerprint density at radius 2 is 1.85 bits per heavy atom. The number of nitrogens with zero attached hydrogens (tertiary/aromatic N) is 5. The Labute approximate surface area is 198 Å². The summed E-state index contributed by atoms with van der Waals surface area (Å²) in [7, 11) is -1.21. The number of nitrogen functional groups attached to an aromatic ring is 1. The molecule has 0 amide bonds. The van der Waals surface area contributed by atoms with Gasteiger partial charge in [0.2, 0.25) is 0 Å². The highest BCUT2D eigenvalue weighted by molar-refractivity contribution is 6.76. The fourth-order valence-electron chi connectivity index (χ4n) is 3.73. The second-order valence-electron chi connectivity index (χ2n) is 9.94. The van der Waals surface area contributed by atoms with Crippen LogP contribution in [-0.4, -0.2) is 38.8 Å². The maximum Gasteiger partial charge on any atom is 0.186 e. The molecule has 0 atom stereocenters. The van der Waals surface area contributed by atoms with Crippen molar-refractivity contribution in [1.82, 2.24) is 24.1 Å². The topological polar surface area (TPSA) is 83.3 Å². The first kappa shape index (κ1) is 24.0. The number of rotatable bonds is 8. The van der Waals surface area contributed by atoms with Crippen molar-refractivity contribution in [2.75, 3.05) is 12.3 Å². The average molecular weight is 485 g/mol. The lowest BCUT2D eigenvalue weighted by atomic mass is 10.0. The minimum Gasteiger partial charge on any atom is -0.396 e. The van der Waals surface area contributed by atoms with Crippen LogP contribution in [0.15, 0.2) is 36.8 Å². The molecule has 0 bridgehead atoms. The molecule has 7 nitrogen and oxygen atoms in total. The van der Waals surface area contributed by atoms with Gasteiger partial charge in [-0.2, -0.15) is 0 Å². The highest BCUT2D eigenvalue weighted by Gasteiger charge is 2.22. The smallest absolute Gasteiger partial charge is 0.186 e. The van der Waals surface area contributed by atoms with E-state index in [0.29, 0.717) is 30.4 Å². The van der Waals surface area contributed by atoms with Crippen molar-refractivity contribution < 1.29 is 13.5 Å². The standard InChI is InChI=1S/C24H30F2N6OSi/c1-15(2)23-29-30-24(32(23)14-33-10-11-34(3,4)5)22-19-9-6-16(12-31(19)13-28-22)20-17(25)7-8-18(27)21(20)26/h6-9,12-13,15H,10-11,14,27H2,1-5H3. The van der Waals surface area contributed by atoms with Crippen LogP contribution in [0, 0.1) is 11.6 Å². The number of fused-ring (bicyclic) bond motifs is 1. The number of anilines is 1. The number of aromatic nitrogens is 5. The molecule has 34 heavy (non-hydrogen) atoms. The van der Waals surface area contributed by atoms with Gasteiger partial charge in [-0.1, -0.05) is 39.6 Å². The highest BCUT2D eigenvalue weighted by atomic mass is 28.3. The normalized spacial score (nSPS) is 12.2. The van der Waals surface area contributed by atoms with E-state index in [1.807, 2.05) is 4.57 Å². The summed E-state index contributed by atoms with van der Waals surface area (Å²) in [5, 5.41) is 8.79. The Balaban J connectivity index is 1.70. The molecule has 4 rings (SSSR count). The molecule has 4 aromatic rings. The van der Waals surface area contributed by atoms with Gasteiger partial charge in [0.1, 0.15) is 30.4 Å². The molecule has 0 saturated heterocycles. The average Bonchev–Trinajstić information content (AvgIpc) is 3.37. The van der Waals surface area contributed by atoms with Gasteiger partial charge in [-0.3, -0.25) is 4.57 Å². The Bertz CT molecular complexity index is 1330. The number of imidazole rings is 1. The lowest BCUT2D eigenvalue weighted by Crippen LogP contribution is -2.22. The Hall–Kier alpha value is -3.11. The summed E-state index contributed by atoms with van der Waals surface area (Å²) < 4.78 is 38.6. The van der Waals surface area contributed by atoms with Gasteiger partial charge in [0.05, 0.1) is 16.8 Å². The van der Waals surface area contributed by atoms with Crippen LogP contribution in [-0.2, 0) is 11.5 Å². The predicted octanol–water partition coefficient (Wildman–Crippen LogP) is 5.56. The number of hydrogen-bond acceptors (Lipinski definition) is 5. The number of hydrogen-bond donors (Lipinski definition) is 1. The van der Waals surface area contributed by atoms with Crippen LogP contribution in [0.5, 0.6) is 0 Å². The quantitative estimate of drug-likeness (QED) is 0.201. The molecule has 0 aliphatic heterocycles. The second kappa shape index (κ2) is 9.26. The third-order valence-electron chi connectivity index (χ3n) is 5.67. The molecule has 3 aromatic heterocycles. The molecule has 3 heterocycles. The molecule has 0 aliphatic rings. The zero-order chi connectivity index (χ0) is 24.6. The van der Waals surface area contributed by atoms with Gasteiger partial charge < -0.3 is 14.9 Å². The molecule has 0 saturated carbocycles. The van der Waals surface area contributed by atoms with Crippen LogP contribution in [0.2, 0.25) is 25.7 Å². The molecule has 10 heteroatoms. The lowest BCUT2D eigenvalue weighted by Gasteiger charge is -2.17. The molecule has 0 fully saturated rings. The van der Waals surface area contributed by atoms with E-state index in [0.717, 1.165) is 23.5 Å². The van der Waals surface area contributed by atoms with E-state index < -0.39 is 19.7 Å². The summed E-state index contributed by atoms with van der Waals surface area (Å²) in [5.74, 6) is 0.0920. The van der Waals surface area contributed by atoms with E-state index in [1.165, 1.54) is 6.07 Å². The first-order valence-electron chi connectivity index (χ1n) is 11.3. The summed E-state index contributed by atoms with van der Waals surface area (Å²) >= 11 is 0. The Morgan fingerprint density at radius 3 is 2.56 bits per heavy atom. The minimum absolute atomic E-state index is 0.105. The van der Waals surface area contributed by atoms with E-state index in [4.69, 9.17) is 10.5 Å². The van der Waals surface area contributed by atoms with Gasteiger partial charge in [0.15, 0.2) is 11.6 Å². The first-order chi connectivity index (χ1) is 16.1. The maximum atomic E-state index is 14.5. The lowest BCUT2D eigenvalue weighted by molar-refractivity contribution is 0.0855. The number of ether oxygens (including phenoxy) is 1. The van der Waals surface area contributed by atoms with Gasteiger partial charge in [-0.05, 0) is 24.2 Å². The van der Waals surface area contributed by atoms with E-state index in [9.17, 15) is 8.78 Å². The number of nitrogens with two attached hydrogens (primary N) is 1. The van der Waals surface area contributed by atoms with Crippen LogP contribution in [0.1, 0.15) is 25.6 Å². The third kappa shape index (κ3) is 4.73. The fourth-order valence-corrected chi connectivity index (χ4v) is 4.49. The Morgan fingerprint density at radius 1 is 1.09 bits per heavy atom. The SMILES string of the molecule is CC(C)c1nnc(-c2ncn3cc(-c4c(F)ccc(N)c4F)ccc23)n1COCC[Si](C)(C)C. The Kier molecular flexibility index (Phi) is 6.55. The molecular formula is C24H30F2N6OSi. The summed E-state index contributed by atoms with van der Waals surface area (Å²) in [6.45, 7) is 12.1. The van der Waals surface area contributed by atoms with Crippen molar-refractivity contribution in [3.8, 4) is 22.6 Å². The van der Waals surface area contributed by atoms with Gasteiger partial charge in [0.25, 0.3) is 0 Å². The molecule has 0 aliphatic carbocycles. The van der Waals surface area contributed by atoms with Crippen molar-refractivity contribution in [3.63, 3.8) is 0 Å². The largest absolute Gasteiger partial charge is 0.396 e. The van der Waals surface area contributed by atoms with E-state index in [2.05, 4.69) is 48.7 Å². The van der Waals surface area contributed by atoms with Crippen LogP contribution < -0.4 is 5.73 Å². The highest BCUT2D eigenvalue weighted by Crippen LogP contribution is 2.31. The van der Waals surface area contributed by atoms with Gasteiger partial charge in [0, 0.05) is 32.4 Å². The zero-order valence-electron chi connectivity index (χ0n) is 20.1. The third-order valence-corrected chi connectivity index (χ3v) is 7.37. The summed E-state index contributed by atoms with van der Waals surface area (Å²) in [5.41, 5.74) is 7.09. The zero-order valence-corrected chi connectivity index (χ0v) is 21.1. The van der Waals surface area contributed by atoms with E-state index >= 15 is 0 Å². The molecule has 0 unspecified atom stereocenters. The fraction of sp³-hybridized carbons (Fsp3) is 0.375. The van der Waals surface area contributed by atoms with Crippen LogP contribution in [0.25, 0.3) is 28.2 Å². The predicted molar refractivity (Wildman–Crippen MR) is 132 cm³/mol. The summed E-state index contributed by atoms with van der Waals surface area (Å²) in [6, 6.07) is 6.85. The minimum atomic E-state index is -1.21. The van der Waals surface area contributed by atoms with Crippen molar-refractivity contribution >= 4 is 19.3 Å². The molecule has 180 valence electrons. The summed E-state index contributed by atoms with van der Waals surface area (Å²) in [4.78, 5) is 4.54. The second-order valence-corrected chi connectivity index (χ2v) is 15.6. The maximum absolute atomic E-state index is 14.5. The van der Waals surface area contributed by atoms with E-state index in [1.54, 1.807) is 29.1 Å². The molecule has 2 N–H and O–H groups in total. The number of halogens is 2. The van der Waals surface area contributed by atoms with Gasteiger partial charge in [-0.15, -0.1) is 10.2 Å².